The van der Waals surface area contributed by atoms with Gasteiger partial charge in [0.15, 0.2) is 12.4 Å². The molecule has 1 aromatic carbocycles. The number of carbonyl (C=O) groups is 5. The smallest absolute Gasteiger partial charge is 0.341 e. The van der Waals surface area contributed by atoms with Crippen LogP contribution in [0.1, 0.15) is 66.9 Å². The third-order valence-electron chi connectivity index (χ3n) is 5.93. The van der Waals surface area contributed by atoms with Crippen molar-refractivity contribution < 1.29 is 48.5 Å². The summed E-state index contributed by atoms with van der Waals surface area (Å²) < 4.78 is 10.6. The predicted molar refractivity (Wildman–Crippen MR) is 136 cm³/mol. The van der Waals surface area contributed by atoms with Crippen LogP contribution in [0.2, 0.25) is 0 Å². The van der Waals surface area contributed by atoms with Crippen LogP contribution in [-0.2, 0) is 14.4 Å². The number of nitrogens with zero attached hydrogens (tertiary/aromatic N) is 1. The summed E-state index contributed by atoms with van der Waals surface area (Å²) in [6, 6.07) is 5.89. The predicted octanol–water partition coefficient (Wildman–Crippen LogP) is 2.73. The Kier molecular flexibility index (Phi) is 12.0. The minimum Gasteiger partial charge on any atom is -0.482 e. The average molecular weight is 548 g/mol. The number of nitrogens with one attached hydrogen (secondary N) is 2. The fraction of sp³-hybridized carbons (Fsp3) is 0.423. The maximum absolute atomic E-state index is 12.8. The van der Waals surface area contributed by atoms with Crippen molar-refractivity contribution in [3.63, 3.8) is 0 Å². The molecule has 1 heterocycles. The second kappa shape index (κ2) is 15.1. The van der Waals surface area contributed by atoms with E-state index in [1.165, 1.54) is 24.3 Å². The number of aromatic carboxylic acids is 1. The highest BCUT2D eigenvalue weighted by Gasteiger charge is 2.30. The van der Waals surface area contributed by atoms with Gasteiger partial charge in [-0.05, 0) is 43.2 Å². The molecule has 5 N–H and O–H groups in total. The average Bonchev–Trinajstić information content (AvgIpc) is 3.41. The Hall–Kier alpha value is -4.39. The SMILES string of the molecule is CCCCCC(C(=O)NCNC(=O)c1ccc(-c2cc(OCC(=O)O)cc(C(=O)O)c2)o1)[C@@H](CC)N(O)C=O. The largest absolute Gasteiger partial charge is 0.482 e. The normalized spacial score (nSPS) is 12.2. The van der Waals surface area contributed by atoms with Gasteiger partial charge in [-0.2, -0.15) is 0 Å². The molecule has 39 heavy (non-hydrogen) atoms. The van der Waals surface area contributed by atoms with E-state index in [-0.39, 0.29) is 41.5 Å². The zero-order chi connectivity index (χ0) is 28.9. The van der Waals surface area contributed by atoms with Gasteiger partial charge in [-0.15, -0.1) is 0 Å². The lowest BCUT2D eigenvalue weighted by molar-refractivity contribution is -0.168. The molecular formula is C26H33N3O10. The lowest BCUT2D eigenvalue weighted by atomic mass is 9.90. The number of aliphatic carboxylic acids is 1. The van der Waals surface area contributed by atoms with Gasteiger partial charge >= 0.3 is 11.9 Å². The Balaban J connectivity index is 2.08. The van der Waals surface area contributed by atoms with Gasteiger partial charge < -0.3 is 30.0 Å². The molecule has 0 bridgehead atoms. The van der Waals surface area contributed by atoms with Gasteiger partial charge in [-0.1, -0.05) is 33.1 Å². The lowest BCUT2D eigenvalue weighted by Crippen LogP contribution is -2.47. The van der Waals surface area contributed by atoms with Gasteiger partial charge in [0, 0.05) is 5.56 Å². The minimum atomic E-state index is -1.27. The third kappa shape index (κ3) is 9.14. The summed E-state index contributed by atoms with van der Waals surface area (Å²) in [5.74, 6) is -4.28. The molecule has 1 aromatic heterocycles. The monoisotopic (exact) mass is 547 g/mol. The molecule has 0 saturated carbocycles. The second-order valence-corrected chi connectivity index (χ2v) is 8.68. The summed E-state index contributed by atoms with van der Waals surface area (Å²) in [6.45, 7) is 2.84. The molecule has 13 heteroatoms. The first-order valence-electron chi connectivity index (χ1n) is 12.4. The molecule has 0 aliphatic heterocycles. The van der Waals surface area contributed by atoms with Gasteiger partial charge in [0.2, 0.25) is 12.3 Å². The van der Waals surface area contributed by atoms with Crippen LogP contribution >= 0.6 is 0 Å². The van der Waals surface area contributed by atoms with Crippen LogP contribution in [0, 0.1) is 5.92 Å². The molecule has 0 fully saturated rings. The first kappa shape index (κ1) is 30.8. The van der Waals surface area contributed by atoms with Crippen molar-refractivity contribution in [3.8, 4) is 17.1 Å². The maximum atomic E-state index is 12.8. The van der Waals surface area contributed by atoms with Crippen LogP contribution in [0.25, 0.3) is 11.3 Å². The maximum Gasteiger partial charge on any atom is 0.341 e. The molecule has 0 aliphatic rings. The minimum absolute atomic E-state index is 0.00712. The Labute approximate surface area is 224 Å². The third-order valence-corrected chi connectivity index (χ3v) is 5.93. The summed E-state index contributed by atoms with van der Waals surface area (Å²) in [4.78, 5) is 58.7. The number of ether oxygens (including phenoxy) is 1. The number of carboxylic acids is 2. The first-order valence-corrected chi connectivity index (χ1v) is 12.4. The van der Waals surface area contributed by atoms with Crippen LogP contribution in [-0.4, -0.2) is 70.0 Å². The number of carboxylic acid groups (broad SMARTS) is 2. The summed E-state index contributed by atoms with van der Waals surface area (Å²) >= 11 is 0. The van der Waals surface area contributed by atoms with E-state index in [1.807, 2.05) is 6.92 Å². The number of hydroxylamine groups is 2. The molecule has 0 aliphatic carbocycles. The molecule has 3 amide bonds. The zero-order valence-electron chi connectivity index (χ0n) is 21.7. The Bertz CT molecular complexity index is 1160. The lowest BCUT2D eigenvalue weighted by Gasteiger charge is -2.29. The molecule has 2 rings (SSSR count). The Morgan fingerprint density at radius 3 is 2.44 bits per heavy atom. The Morgan fingerprint density at radius 1 is 1.08 bits per heavy atom. The van der Waals surface area contributed by atoms with E-state index < -0.39 is 42.3 Å². The summed E-state index contributed by atoms with van der Waals surface area (Å²) in [5, 5.41) is 33.7. The van der Waals surface area contributed by atoms with Crippen molar-refractivity contribution in [2.24, 2.45) is 5.92 Å². The van der Waals surface area contributed by atoms with Gasteiger partial charge in [0.05, 0.1) is 24.2 Å². The molecule has 0 radical (unpaired) electrons. The molecule has 212 valence electrons. The van der Waals surface area contributed by atoms with Crippen molar-refractivity contribution in [3.05, 3.63) is 41.7 Å². The van der Waals surface area contributed by atoms with E-state index in [2.05, 4.69) is 10.6 Å². The molecule has 2 aromatic rings. The van der Waals surface area contributed by atoms with Gasteiger partial charge in [-0.3, -0.25) is 19.6 Å². The fourth-order valence-corrected chi connectivity index (χ4v) is 3.98. The topological polar surface area (TPSA) is 196 Å². The van der Waals surface area contributed by atoms with E-state index in [9.17, 15) is 34.3 Å². The number of unbranched alkanes of at least 4 members (excludes halogenated alkanes) is 2. The van der Waals surface area contributed by atoms with E-state index in [0.717, 1.165) is 25.3 Å². The van der Waals surface area contributed by atoms with Crippen LogP contribution in [0.15, 0.2) is 34.7 Å². The molecule has 0 saturated heterocycles. The van der Waals surface area contributed by atoms with Crippen LogP contribution in [0.4, 0.5) is 0 Å². The summed E-state index contributed by atoms with van der Waals surface area (Å²) in [5.41, 5.74) is 0.0693. The highest BCUT2D eigenvalue weighted by molar-refractivity contribution is 5.93. The summed E-state index contributed by atoms with van der Waals surface area (Å²) in [7, 11) is 0. The highest BCUT2D eigenvalue weighted by Crippen LogP contribution is 2.28. The van der Waals surface area contributed by atoms with Crippen LogP contribution in [0.5, 0.6) is 5.75 Å². The molecule has 0 spiro atoms. The van der Waals surface area contributed by atoms with Crippen LogP contribution < -0.4 is 15.4 Å². The molecule has 2 atom stereocenters. The number of rotatable bonds is 17. The van der Waals surface area contributed by atoms with Crippen molar-refractivity contribution in [2.45, 2.75) is 52.0 Å². The number of carbonyl (C=O) groups excluding carboxylic acids is 3. The van der Waals surface area contributed by atoms with Gasteiger partial charge in [0.1, 0.15) is 11.5 Å². The van der Waals surface area contributed by atoms with E-state index in [4.69, 9.17) is 14.3 Å². The van der Waals surface area contributed by atoms with Crippen molar-refractivity contribution in [2.75, 3.05) is 13.3 Å². The van der Waals surface area contributed by atoms with Gasteiger partial charge in [-0.25, -0.2) is 14.7 Å². The molecule has 13 nitrogen and oxygen atoms in total. The van der Waals surface area contributed by atoms with E-state index in [0.29, 0.717) is 17.9 Å². The molecule has 1 unspecified atom stereocenters. The second-order valence-electron chi connectivity index (χ2n) is 8.68. The number of hydrogen-bond donors (Lipinski definition) is 5. The van der Waals surface area contributed by atoms with Crippen LogP contribution in [0.3, 0.4) is 0 Å². The highest BCUT2D eigenvalue weighted by atomic mass is 16.5. The number of amides is 3. The van der Waals surface area contributed by atoms with Crippen molar-refractivity contribution in [1.82, 2.24) is 15.7 Å². The first-order chi connectivity index (χ1) is 18.6. The molecular weight excluding hydrogens is 514 g/mol. The van der Waals surface area contributed by atoms with Gasteiger partial charge in [0.25, 0.3) is 5.91 Å². The van der Waals surface area contributed by atoms with E-state index >= 15 is 0 Å². The number of benzene rings is 1. The van der Waals surface area contributed by atoms with Crippen molar-refractivity contribution >= 4 is 30.2 Å². The quantitative estimate of drug-likeness (QED) is 0.0646. The standard InChI is InChI=1S/C26H33N3O10/c1-3-5-6-7-19(20(4-2)29(37)15-30)24(33)27-14-28-25(34)22-9-8-21(39-22)16-10-17(26(35)36)12-18(11-16)38-13-23(31)32/h8-12,15,19-20,37H,3-7,13-14H2,1-2H3,(H,27,33)(H,28,34)(H,31,32)(H,35,36)/t19?,20-/m1/s1. The zero-order valence-corrected chi connectivity index (χ0v) is 21.7. The van der Waals surface area contributed by atoms with E-state index in [1.54, 1.807) is 6.92 Å². The fourth-order valence-electron chi connectivity index (χ4n) is 3.98. The van der Waals surface area contributed by atoms with Crippen molar-refractivity contribution in [1.29, 1.82) is 0 Å². The number of hydrogen-bond acceptors (Lipinski definition) is 8. The number of furan rings is 1. The Morgan fingerprint density at radius 2 is 1.82 bits per heavy atom. The summed E-state index contributed by atoms with van der Waals surface area (Å²) in [6.07, 6.45) is 3.61.